The van der Waals surface area contributed by atoms with E-state index in [0.717, 1.165) is 0 Å². The van der Waals surface area contributed by atoms with Crippen molar-refractivity contribution in [2.75, 3.05) is 0 Å². The maximum Gasteiger partial charge on any atom is 0.165 e. The second-order valence-electron chi connectivity index (χ2n) is 3.91. The third-order valence-corrected chi connectivity index (χ3v) is 3.41. The van der Waals surface area contributed by atoms with Crippen LogP contribution in [0.5, 0.6) is 5.75 Å². The molecule has 1 unspecified atom stereocenters. The van der Waals surface area contributed by atoms with Gasteiger partial charge in [-0.2, -0.15) is 11.3 Å². The minimum Gasteiger partial charge on any atom is -0.505 e. The van der Waals surface area contributed by atoms with E-state index in [4.69, 9.17) is 0 Å². The minimum absolute atomic E-state index is 0.184. The van der Waals surface area contributed by atoms with Gasteiger partial charge in [-0.05, 0) is 35.4 Å². The average molecular weight is 251 g/mol. The van der Waals surface area contributed by atoms with Crippen LogP contribution in [-0.4, -0.2) is 5.11 Å². The predicted molar refractivity (Wildman–Crippen MR) is 67.6 cm³/mol. The summed E-state index contributed by atoms with van der Waals surface area (Å²) in [6, 6.07) is 6.80. The Bertz CT molecular complexity index is 484. The summed E-state index contributed by atoms with van der Waals surface area (Å²) in [6.45, 7) is 2.49. The van der Waals surface area contributed by atoms with Gasteiger partial charge in [0.05, 0.1) is 0 Å². The van der Waals surface area contributed by atoms with Gasteiger partial charge in [0.1, 0.15) is 0 Å². The Morgan fingerprint density at radius 1 is 1.41 bits per heavy atom. The third kappa shape index (κ3) is 2.84. The first-order valence-electron chi connectivity index (χ1n) is 5.40. The number of hydrogen-bond donors (Lipinski definition) is 2. The van der Waals surface area contributed by atoms with Crippen molar-refractivity contribution in [2.45, 2.75) is 19.5 Å². The molecule has 0 saturated carbocycles. The summed E-state index contributed by atoms with van der Waals surface area (Å²) in [5.41, 5.74) is 1.78. The van der Waals surface area contributed by atoms with Crippen LogP contribution < -0.4 is 5.32 Å². The van der Waals surface area contributed by atoms with Gasteiger partial charge >= 0.3 is 0 Å². The van der Waals surface area contributed by atoms with E-state index in [1.54, 1.807) is 23.5 Å². The molecule has 1 aromatic heterocycles. The van der Waals surface area contributed by atoms with Gasteiger partial charge in [0, 0.05) is 18.2 Å². The van der Waals surface area contributed by atoms with Gasteiger partial charge in [0.2, 0.25) is 0 Å². The first kappa shape index (κ1) is 12.1. The zero-order valence-electron chi connectivity index (χ0n) is 9.48. The van der Waals surface area contributed by atoms with Crippen molar-refractivity contribution in [2.24, 2.45) is 0 Å². The van der Waals surface area contributed by atoms with Crippen molar-refractivity contribution < 1.29 is 9.50 Å². The third-order valence-electron chi connectivity index (χ3n) is 2.71. The fraction of sp³-hybridized carbons (Fsp3) is 0.231. The second-order valence-corrected chi connectivity index (χ2v) is 4.69. The van der Waals surface area contributed by atoms with E-state index >= 15 is 0 Å². The molecule has 0 aliphatic rings. The number of benzene rings is 1. The Kier molecular flexibility index (Phi) is 3.76. The van der Waals surface area contributed by atoms with E-state index in [9.17, 15) is 9.50 Å². The highest BCUT2D eigenvalue weighted by molar-refractivity contribution is 7.07. The Hall–Kier alpha value is -1.39. The van der Waals surface area contributed by atoms with Gasteiger partial charge in [0.15, 0.2) is 11.6 Å². The summed E-state index contributed by atoms with van der Waals surface area (Å²) >= 11 is 1.65. The highest BCUT2D eigenvalue weighted by Crippen LogP contribution is 2.22. The van der Waals surface area contributed by atoms with Crippen LogP contribution in [0.1, 0.15) is 24.1 Å². The molecule has 1 aromatic carbocycles. The van der Waals surface area contributed by atoms with Crippen LogP contribution >= 0.6 is 11.3 Å². The lowest BCUT2D eigenvalue weighted by Gasteiger charge is -2.13. The average Bonchev–Trinajstić information content (AvgIpc) is 2.84. The van der Waals surface area contributed by atoms with Crippen molar-refractivity contribution >= 4 is 11.3 Å². The van der Waals surface area contributed by atoms with Crippen LogP contribution in [0.15, 0.2) is 35.0 Å². The molecule has 2 aromatic rings. The Morgan fingerprint density at radius 2 is 2.24 bits per heavy atom. The molecular weight excluding hydrogens is 237 g/mol. The highest BCUT2D eigenvalue weighted by Gasteiger charge is 2.09. The summed E-state index contributed by atoms with van der Waals surface area (Å²) in [5.74, 6) is -0.843. The predicted octanol–water partition coefficient (Wildman–Crippen LogP) is 3.44. The number of halogens is 1. The van der Waals surface area contributed by atoms with E-state index in [0.29, 0.717) is 12.1 Å². The molecule has 2 N–H and O–H groups in total. The Labute approximate surface area is 104 Å². The molecule has 0 aliphatic carbocycles. The van der Waals surface area contributed by atoms with Crippen molar-refractivity contribution in [1.29, 1.82) is 0 Å². The summed E-state index contributed by atoms with van der Waals surface area (Å²) in [7, 11) is 0. The number of hydrogen-bond acceptors (Lipinski definition) is 3. The molecule has 4 heteroatoms. The summed E-state index contributed by atoms with van der Waals surface area (Å²) in [6.07, 6.45) is 0. The van der Waals surface area contributed by atoms with E-state index in [2.05, 4.69) is 10.7 Å². The summed E-state index contributed by atoms with van der Waals surface area (Å²) in [4.78, 5) is 0. The molecule has 17 heavy (non-hydrogen) atoms. The fourth-order valence-corrected chi connectivity index (χ4v) is 2.36. The molecule has 0 spiro atoms. The second kappa shape index (κ2) is 5.29. The van der Waals surface area contributed by atoms with Gasteiger partial charge in [-0.1, -0.05) is 12.1 Å². The van der Waals surface area contributed by atoms with Crippen LogP contribution in [0.3, 0.4) is 0 Å². The normalized spacial score (nSPS) is 12.6. The number of thiophene rings is 1. The van der Waals surface area contributed by atoms with Gasteiger partial charge in [-0.25, -0.2) is 4.39 Å². The molecule has 2 nitrogen and oxygen atoms in total. The van der Waals surface area contributed by atoms with Gasteiger partial charge < -0.3 is 10.4 Å². The minimum atomic E-state index is -0.576. The molecule has 1 atom stereocenters. The molecule has 1 heterocycles. The van der Waals surface area contributed by atoms with Gasteiger partial charge in [-0.3, -0.25) is 0 Å². The van der Waals surface area contributed by atoms with E-state index in [1.807, 2.05) is 18.4 Å². The van der Waals surface area contributed by atoms with E-state index in [1.165, 1.54) is 11.6 Å². The quantitative estimate of drug-likeness (QED) is 0.872. The molecular formula is C13H14FNOS. The maximum atomic E-state index is 13.1. The lowest BCUT2D eigenvalue weighted by molar-refractivity contribution is 0.421. The largest absolute Gasteiger partial charge is 0.505 e. The highest BCUT2D eigenvalue weighted by atomic mass is 32.1. The number of phenols is 1. The van der Waals surface area contributed by atoms with Crippen molar-refractivity contribution in [3.05, 3.63) is 52.0 Å². The van der Waals surface area contributed by atoms with Crippen molar-refractivity contribution in [3.8, 4) is 5.75 Å². The van der Waals surface area contributed by atoms with Crippen LogP contribution in [0.25, 0.3) is 0 Å². The standard InChI is InChI=1S/C13H14FNOS/c1-9(11-5-6-17-8-11)15-7-10-3-2-4-12(14)13(10)16/h2-6,8-9,15-16H,7H2,1H3. The SMILES string of the molecule is CC(NCc1cccc(F)c1O)c1ccsc1. The first-order valence-corrected chi connectivity index (χ1v) is 6.34. The number of aromatic hydroxyl groups is 1. The van der Waals surface area contributed by atoms with Crippen LogP contribution in [0.2, 0.25) is 0 Å². The Balaban J connectivity index is 2.00. The molecule has 0 saturated heterocycles. The lowest BCUT2D eigenvalue weighted by atomic mass is 10.1. The Morgan fingerprint density at radius 3 is 2.94 bits per heavy atom. The number of para-hydroxylation sites is 1. The zero-order chi connectivity index (χ0) is 12.3. The molecule has 90 valence electrons. The number of nitrogens with one attached hydrogen (secondary N) is 1. The zero-order valence-corrected chi connectivity index (χ0v) is 10.3. The molecule has 0 bridgehead atoms. The van der Waals surface area contributed by atoms with Crippen molar-refractivity contribution in [1.82, 2.24) is 5.32 Å². The van der Waals surface area contributed by atoms with Crippen LogP contribution in [0.4, 0.5) is 4.39 Å². The number of phenolic OH excluding ortho intramolecular Hbond substituents is 1. The van der Waals surface area contributed by atoms with Gasteiger partial charge in [-0.15, -0.1) is 0 Å². The van der Waals surface area contributed by atoms with Crippen LogP contribution in [0, 0.1) is 5.82 Å². The molecule has 0 aliphatic heterocycles. The topological polar surface area (TPSA) is 32.3 Å². The summed E-state index contributed by atoms with van der Waals surface area (Å²) < 4.78 is 13.1. The van der Waals surface area contributed by atoms with Gasteiger partial charge in [0.25, 0.3) is 0 Å². The van der Waals surface area contributed by atoms with Crippen molar-refractivity contribution in [3.63, 3.8) is 0 Å². The van der Waals surface area contributed by atoms with Crippen LogP contribution in [-0.2, 0) is 6.54 Å². The molecule has 0 amide bonds. The number of rotatable bonds is 4. The monoisotopic (exact) mass is 251 g/mol. The van der Waals surface area contributed by atoms with E-state index in [-0.39, 0.29) is 11.8 Å². The smallest absolute Gasteiger partial charge is 0.165 e. The lowest BCUT2D eigenvalue weighted by Crippen LogP contribution is -2.17. The molecule has 0 fully saturated rings. The molecule has 0 radical (unpaired) electrons. The summed E-state index contributed by atoms with van der Waals surface area (Å²) in [5, 5.41) is 16.9. The van der Waals surface area contributed by atoms with E-state index < -0.39 is 5.82 Å². The first-order chi connectivity index (χ1) is 8.18. The molecule has 2 rings (SSSR count). The fourth-order valence-electron chi connectivity index (χ4n) is 1.60. The maximum absolute atomic E-state index is 13.1.